The largest absolute Gasteiger partial charge is 0.478 e. The molecule has 0 aliphatic heterocycles. The molecule has 4 nitrogen and oxygen atoms in total. The van der Waals surface area contributed by atoms with Gasteiger partial charge in [-0.25, -0.2) is 4.79 Å². The molecule has 0 aliphatic carbocycles. The summed E-state index contributed by atoms with van der Waals surface area (Å²) in [5.74, 6) is -0.886. The van der Waals surface area contributed by atoms with E-state index in [1.165, 1.54) is 0 Å². The molecule has 0 amide bonds. The third-order valence-corrected chi connectivity index (χ3v) is 3.23. The minimum atomic E-state index is -0.886. The number of hydrogen-bond donors (Lipinski definition) is 1. The van der Waals surface area contributed by atoms with Crippen LogP contribution in [0, 0.1) is 0 Å². The lowest BCUT2D eigenvalue weighted by Crippen LogP contribution is -2.04. The first-order valence-corrected chi connectivity index (χ1v) is 6.60. The van der Waals surface area contributed by atoms with Crippen LogP contribution in [0.15, 0.2) is 42.2 Å². The minimum absolute atomic E-state index is 0.339. The first-order valence-electron chi connectivity index (χ1n) is 6.60. The van der Waals surface area contributed by atoms with Gasteiger partial charge in [0.1, 0.15) is 0 Å². The Morgan fingerprint density at radius 3 is 2.80 bits per heavy atom. The lowest BCUT2D eigenvalue weighted by atomic mass is 10.1. The predicted molar refractivity (Wildman–Crippen MR) is 78.4 cm³/mol. The van der Waals surface area contributed by atoms with Gasteiger partial charge < -0.3 is 9.67 Å². The van der Waals surface area contributed by atoms with E-state index in [0.29, 0.717) is 5.57 Å². The van der Waals surface area contributed by atoms with Crippen LogP contribution in [0.3, 0.4) is 0 Å². The predicted octanol–water partition coefficient (Wildman–Crippen LogP) is 2.98. The van der Waals surface area contributed by atoms with E-state index in [-0.39, 0.29) is 0 Å². The lowest BCUT2D eigenvalue weighted by molar-refractivity contribution is -0.132. The molecule has 2 heterocycles. The summed E-state index contributed by atoms with van der Waals surface area (Å²) in [5.41, 5.74) is 3.56. The third-order valence-electron chi connectivity index (χ3n) is 3.23. The van der Waals surface area contributed by atoms with Gasteiger partial charge in [0, 0.05) is 42.3 Å². The monoisotopic (exact) mass is 270 g/mol. The minimum Gasteiger partial charge on any atom is -0.478 e. The third kappa shape index (κ3) is 3.15. The molecule has 0 spiro atoms. The molecule has 2 aromatic heterocycles. The zero-order valence-electron chi connectivity index (χ0n) is 11.7. The maximum Gasteiger partial charge on any atom is 0.331 e. The highest BCUT2D eigenvalue weighted by molar-refractivity contribution is 5.91. The fourth-order valence-corrected chi connectivity index (χ4v) is 2.19. The molecule has 104 valence electrons. The van der Waals surface area contributed by atoms with Crippen LogP contribution in [0.2, 0.25) is 0 Å². The molecule has 0 bridgehead atoms. The Hall–Kier alpha value is -2.36. The lowest BCUT2D eigenvalue weighted by Gasteiger charge is -2.09. The number of hydrogen-bond acceptors (Lipinski definition) is 2. The van der Waals surface area contributed by atoms with Crippen LogP contribution in [-0.2, 0) is 17.8 Å². The van der Waals surface area contributed by atoms with Crippen LogP contribution in [-0.4, -0.2) is 20.6 Å². The van der Waals surface area contributed by atoms with Crippen LogP contribution in [0.5, 0.6) is 0 Å². The maximum absolute atomic E-state index is 10.9. The van der Waals surface area contributed by atoms with Crippen molar-refractivity contribution in [2.45, 2.75) is 26.8 Å². The first kappa shape index (κ1) is 14.1. The molecule has 0 aromatic carbocycles. The van der Waals surface area contributed by atoms with Crippen molar-refractivity contribution in [2.75, 3.05) is 0 Å². The highest BCUT2D eigenvalue weighted by Gasteiger charge is 2.08. The molecular weight excluding hydrogens is 252 g/mol. The van der Waals surface area contributed by atoms with Gasteiger partial charge in [-0.15, -0.1) is 0 Å². The van der Waals surface area contributed by atoms with Gasteiger partial charge in [0.25, 0.3) is 0 Å². The number of rotatable bonds is 5. The summed E-state index contributed by atoms with van der Waals surface area (Å²) in [5, 5.41) is 8.96. The molecule has 0 saturated carbocycles. The molecule has 0 aliphatic rings. The molecule has 4 heteroatoms. The number of carboxylic acids is 1. The van der Waals surface area contributed by atoms with Gasteiger partial charge >= 0.3 is 5.97 Å². The fraction of sp³-hybridized carbons (Fsp3) is 0.250. The van der Waals surface area contributed by atoms with Crippen LogP contribution in [0.25, 0.3) is 6.08 Å². The quantitative estimate of drug-likeness (QED) is 0.850. The number of carbonyl (C=O) groups is 1. The van der Waals surface area contributed by atoms with Crippen LogP contribution in [0.1, 0.15) is 30.8 Å². The molecule has 0 atom stereocenters. The van der Waals surface area contributed by atoms with Crippen molar-refractivity contribution in [3.8, 4) is 0 Å². The van der Waals surface area contributed by atoms with Crippen molar-refractivity contribution in [2.24, 2.45) is 0 Å². The Kier molecular flexibility index (Phi) is 4.35. The van der Waals surface area contributed by atoms with Crippen LogP contribution >= 0.6 is 0 Å². The summed E-state index contributed by atoms with van der Waals surface area (Å²) in [6.45, 7) is 4.47. The highest BCUT2D eigenvalue weighted by atomic mass is 16.4. The summed E-state index contributed by atoms with van der Waals surface area (Å²) < 4.78 is 2.12. The molecule has 2 rings (SSSR count). The van der Waals surface area contributed by atoms with Gasteiger partial charge in [-0.05, 0) is 43.7 Å². The molecule has 2 aromatic rings. The summed E-state index contributed by atoms with van der Waals surface area (Å²) in [6.07, 6.45) is 6.11. The van der Waals surface area contributed by atoms with E-state index in [4.69, 9.17) is 5.11 Å². The molecule has 20 heavy (non-hydrogen) atoms. The van der Waals surface area contributed by atoms with E-state index in [2.05, 4.69) is 16.5 Å². The summed E-state index contributed by atoms with van der Waals surface area (Å²) >= 11 is 0. The Morgan fingerprint density at radius 1 is 1.40 bits per heavy atom. The zero-order valence-corrected chi connectivity index (χ0v) is 11.7. The zero-order chi connectivity index (χ0) is 14.5. The summed E-state index contributed by atoms with van der Waals surface area (Å²) in [7, 11) is 0. The van der Waals surface area contributed by atoms with Crippen molar-refractivity contribution in [1.29, 1.82) is 0 Å². The average molecular weight is 270 g/mol. The SMILES string of the molecule is CCn1c(/C=C(/C)C(=O)O)ccc1Cc1cccnc1. The topological polar surface area (TPSA) is 55.1 Å². The van der Waals surface area contributed by atoms with Crippen molar-refractivity contribution < 1.29 is 9.90 Å². The Bertz CT molecular complexity index is 627. The average Bonchev–Trinajstić information content (AvgIpc) is 2.81. The van der Waals surface area contributed by atoms with Crippen molar-refractivity contribution in [3.05, 3.63) is 59.2 Å². The molecule has 1 N–H and O–H groups in total. The maximum atomic E-state index is 10.9. The van der Waals surface area contributed by atoms with Gasteiger partial charge in [-0.1, -0.05) is 6.07 Å². The first-order chi connectivity index (χ1) is 9.61. The van der Waals surface area contributed by atoms with Crippen LogP contribution in [0.4, 0.5) is 0 Å². The van der Waals surface area contributed by atoms with E-state index in [1.54, 1.807) is 19.2 Å². The highest BCUT2D eigenvalue weighted by Crippen LogP contribution is 2.16. The summed E-state index contributed by atoms with van der Waals surface area (Å²) in [4.78, 5) is 15.0. The van der Waals surface area contributed by atoms with E-state index < -0.39 is 5.97 Å². The molecule has 0 saturated heterocycles. The Morgan fingerprint density at radius 2 is 2.20 bits per heavy atom. The number of carboxylic acid groups (broad SMARTS) is 1. The second kappa shape index (κ2) is 6.19. The summed E-state index contributed by atoms with van der Waals surface area (Å²) in [6, 6.07) is 7.96. The molecule has 0 radical (unpaired) electrons. The normalized spacial score (nSPS) is 11.6. The second-order valence-corrected chi connectivity index (χ2v) is 4.66. The van der Waals surface area contributed by atoms with Gasteiger partial charge in [0.2, 0.25) is 0 Å². The molecular formula is C16H18N2O2. The van der Waals surface area contributed by atoms with Gasteiger partial charge in [0.05, 0.1) is 0 Å². The van der Waals surface area contributed by atoms with Crippen molar-refractivity contribution in [3.63, 3.8) is 0 Å². The number of aromatic nitrogens is 2. The Balaban J connectivity index is 2.30. The number of nitrogens with zero attached hydrogens (tertiary/aromatic N) is 2. The van der Waals surface area contributed by atoms with Gasteiger partial charge in [0.15, 0.2) is 0 Å². The smallest absolute Gasteiger partial charge is 0.331 e. The molecule has 0 fully saturated rings. The number of pyridine rings is 1. The van der Waals surface area contributed by atoms with Gasteiger partial charge in [-0.3, -0.25) is 4.98 Å². The van der Waals surface area contributed by atoms with Crippen molar-refractivity contribution >= 4 is 12.0 Å². The van der Waals surface area contributed by atoms with Gasteiger partial charge in [-0.2, -0.15) is 0 Å². The Labute approximate surface area is 118 Å². The van der Waals surface area contributed by atoms with Crippen molar-refractivity contribution in [1.82, 2.24) is 9.55 Å². The second-order valence-electron chi connectivity index (χ2n) is 4.66. The van der Waals surface area contributed by atoms with Crippen LogP contribution < -0.4 is 0 Å². The van der Waals surface area contributed by atoms with E-state index in [9.17, 15) is 4.79 Å². The number of aliphatic carboxylic acids is 1. The van der Waals surface area contributed by atoms with E-state index >= 15 is 0 Å². The molecule has 0 unspecified atom stereocenters. The van der Waals surface area contributed by atoms with E-state index in [0.717, 1.165) is 29.9 Å². The van der Waals surface area contributed by atoms with E-state index in [1.807, 2.05) is 30.5 Å². The fourth-order valence-electron chi connectivity index (χ4n) is 2.19. The standard InChI is InChI=1S/C16H18N2O2/c1-3-18-14(9-12(2)16(19)20)6-7-15(18)10-13-5-4-8-17-11-13/h4-9,11H,3,10H2,1-2H3,(H,19,20)/b12-9-.